The molecule has 0 amide bonds. The van der Waals surface area contributed by atoms with Gasteiger partial charge in [0, 0.05) is 17.3 Å². The van der Waals surface area contributed by atoms with Crippen LogP contribution in [0.15, 0.2) is 11.6 Å². The number of Topliss-reactive ketones (excluding diaryl/α,β-unsaturated/α-hetero) is 1. The number of rotatable bonds is 1. The molecule has 190 valence electrons. The van der Waals surface area contributed by atoms with E-state index in [2.05, 4.69) is 47.6 Å². The molecule has 0 unspecified atom stereocenters. The van der Waals surface area contributed by atoms with E-state index in [4.69, 9.17) is 0 Å². The van der Waals surface area contributed by atoms with E-state index in [1.807, 2.05) is 6.92 Å². The van der Waals surface area contributed by atoms with Crippen molar-refractivity contribution in [3.8, 4) is 0 Å². The Kier molecular flexibility index (Phi) is 5.04. The average molecular weight is 471 g/mol. The predicted octanol–water partition coefficient (Wildman–Crippen LogP) is 6.41. The van der Waals surface area contributed by atoms with Crippen LogP contribution in [-0.4, -0.2) is 28.1 Å². The molecule has 2 N–H and O–H groups in total. The molecular weight excluding hydrogens is 424 g/mol. The Morgan fingerprint density at radius 2 is 1.59 bits per heavy atom. The lowest BCUT2D eigenvalue weighted by Gasteiger charge is -2.71. The minimum absolute atomic E-state index is 0.0101. The molecule has 4 fully saturated rings. The molecule has 5 aliphatic carbocycles. The van der Waals surface area contributed by atoms with Crippen LogP contribution in [0.1, 0.15) is 106 Å². The van der Waals surface area contributed by atoms with Crippen LogP contribution in [0.3, 0.4) is 0 Å². The molecule has 4 nitrogen and oxygen atoms in total. The zero-order valence-electron chi connectivity index (χ0n) is 22.5. The molecule has 0 aromatic heterocycles. The molecule has 9 atom stereocenters. The molecule has 5 rings (SSSR count). The highest BCUT2D eigenvalue weighted by atomic mass is 16.4. The number of carboxylic acids is 1. The number of aliphatic hydroxyl groups excluding tert-OH is 1. The van der Waals surface area contributed by atoms with Crippen molar-refractivity contribution in [1.29, 1.82) is 0 Å². The molecule has 4 heteroatoms. The van der Waals surface area contributed by atoms with Crippen LogP contribution in [-0.2, 0) is 9.59 Å². The molecule has 0 radical (unpaired) electrons. The first kappa shape index (κ1) is 24.5. The molecular formula is C30H46O4. The van der Waals surface area contributed by atoms with Gasteiger partial charge in [0.15, 0.2) is 0 Å². The third kappa shape index (κ3) is 2.75. The highest BCUT2D eigenvalue weighted by Gasteiger charge is 2.69. The fraction of sp³-hybridized carbons (Fsp3) is 0.867. The number of hydrogen-bond donors (Lipinski definition) is 2. The number of hydrogen-bond acceptors (Lipinski definition) is 3. The number of aliphatic carboxylic acids is 1. The fourth-order valence-electron chi connectivity index (χ4n) is 10.5. The van der Waals surface area contributed by atoms with Crippen LogP contribution in [0.2, 0.25) is 0 Å². The van der Waals surface area contributed by atoms with Crippen molar-refractivity contribution in [3.05, 3.63) is 11.6 Å². The first-order valence-corrected chi connectivity index (χ1v) is 13.7. The molecule has 0 heterocycles. The zero-order chi connectivity index (χ0) is 25.1. The maximum absolute atomic E-state index is 12.9. The van der Waals surface area contributed by atoms with Crippen LogP contribution >= 0.6 is 0 Å². The number of carbonyl (C=O) groups is 2. The van der Waals surface area contributed by atoms with Gasteiger partial charge >= 0.3 is 5.97 Å². The van der Waals surface area contributed by atoms with E-state index in [9.17, 15) is 19.8 Å². The van der Waals surface area contributed by atoms with Crippen molar-refractivity contribution >= 4 is 11.8 Å². The molecule has 0 aliphatic heterocycles. The molecule has 0 spiro atoms. The van der Waals surface area contributed by atoms with E-state index < -0.39 is 17.5 Å². The van der Waals surface area contributed by atoms with E-state index in [0.29, 0.717) is 36.9 Å². The smallest absolute Gasteiger partial charge is 0.309 e. The second kappa shape index (κ2) is 6.99. The van der Waals surface area contributed by atoms with Gasteiger partial charge in [0.1, 0.15) is 5.78 Å². The van der Waals surface area contributed by atoms with Crippen LogP contribution < -0.4 is 0 Å². The van der Waals surface area contributed by atoms with Gasteiger partial charge in [0.05, 0.1) is 11.5 Å². The lowest BCUT2D eigenvalue weighted by atomic mass is 9.33. The first-order chi connectivity index (χ1) is 15.6. The monoisotopic (exact) mass is 470 g/mol. The highest BCUT2D eigenvalue weighted by Crippen LogP contribution is 2.75. The first-order valence-electron chi connectivity index (χ1n) is 13.7. The van der Waals surface area contributed by atoms with E-state index in [1.165, 1.54) is 5.57 Å². The van der Waals surface area contributed by atoms with Crippen LogP contribution in [0.25, 0.3) is 0 Å². The number of carbonyl (C=O) groups excluding carboxylic acids is 1. The number of fused-ring (bicyclic) bond motifs is 7. The Morgan fingerprint density at radius 3 is 2.24 bits per heavy atom. The van der Waals surface area contributed by atoms with Crippen LogP contribution in [0, 0.1) is 50.2 Å². The van der Waals surface area contributed by atoms with Crippen LogP contribution in [0.4, 0.5) is 0 Å². The average Bonchev–Trinajstić information content (AvgIpc) is 2.73. The van der Waals surface area contributed by atoms with Crippen molar-refractivity contribution in [2.24, 2.45) is 50.2 Å². The molecule has 34 heavy (non-hydrogen) atoms. The number of aliphatic hydroxyl groups is 1. The van der Waals surface area contributed by atoms with Crippen molar-refractivity contribution in [3.63, 3.8) is 0 Å². The molecule has 0 bridgehead atoms. The van der Waals surface area contributed by atoms with Crippen molar-refractivity contribution in [1.82, 2.24) is 0 Å². The highest BCUT2D eigenvalue weighted by molar-refractivity contribution is 5.85. The number of carboxylic acid groups (broad SMARTS) is 1. The summed E-state index contributed by atoms with van der Waals surface area (Å²) in [7, 11) is 0. The van der Waals surface area contributed by atoms with Gasteiger partial charge in [-0.2, -0.15) is 0 Å². The van der Waals surface area contributed by atoms with E-state index in [-0.39, 0.29) is 33.0 Å². The van der Waals surface area contributed by atoms with Gasteiger partial charge in [-0.15, -0.1) is 0 Å². The summed E-state index contributed by atoms with van der Waals surface area (Å²) in [6, 6.07) is 0. The van der Waals surface area contributed by atoms with Gasteiger partial charge in [0.25, 0.3) is 0 Å². The van der Waals surface area contributed by atoms with E-state index >= 15 is 0 Å². The third-order valence-corrected chi connectivity index (χ3v) is 13.2. The Bertz CT molecular complexity index is 965. The number of allylic oxidation sites excluding steroid dienone is 2. The second-order valence-electron chi connectivity index (χ2n) is 14.8. The topological polar surface area (TPSA) is 74.6 Å². The minimum Gasteiger partial charge on any atom is -0.481 e. The Morgan fingerprint density at radius 1 is 0.912 bits per heavy atom. The Balaban J connectivity index is 1.59. The zero-order valence-corrected chi connectivity index (χ0v) is 22.5. The summed E-state index contributed by atoms with van der Waals surface area (Å²) in [5.41, 5.74) is 0.360. The fourth-order valence-corrected chi connectivity index (χ4v) is 10.5. The normalized spacial score (nSPS) is 54.1. The van der Waals surface area contributed by atoms with E-state index in [0.717, 1.165) is 38.5 Å². The van der Waals surface area contributed by atoms with Crippen molar-refractivity contribution < 1.29 is 19.8 Å². The SMILES string of the molecule is CC1(C)C(=O)CC[C@@]2(C)[C@@H]1CC[C@]1(C)[C@@H]2CC=C2[C@H]3C[C@](C)(C(=O)O)C[C@H](O)[C@]3(C)CC[C@]21C. The van der Waals surface area contributed by atoms with Gasteiger partial charge in [0.2, 0.25) is 0 Å². The van der Waals surface area contributed by atoms with Crippen molar-refractivity contribution in [2.75, 3.05) is 0 Å². The third-order valence-electron chi connectivity index (χ3n) is 13.2. The Labute approximate surface area is 206 Å². The lowest BCUT2D eigenvalue weighted by Crippen LogP contribution is -2.65. The quantitative estimate of drug-likeness (QED) is 0.434. The molecule has 0 aromatic rings. The van der Waals surface area contributed by atoms with Gasteiger partial charge in [-0.25, -0.2) is 0 Å². The maximum Gasteiger partial charge on any atom is 0.309 e. The summed E-state index contributed by atoms with van der Waals surface area (Å²) in [6.07, 6.45) is 9.84. The minimum atomic E-state index is -0.877. The Hall–Kier alpha value is -1.16. The predicted molar refractivity (Wildman–Crippen MR) is 133 cm³/mol. The van der Waals surface area contributed by atoms with Gasteiger partial charge in [-0.1, -0.05) is 53.2 Å². The summed E-state index contributed by atoms with van der Waals surface area (Å²) in [6.45, 7) is 15.9. The largest absolute Gasteiger partial charge is 0.481 e. The second-order valence-corrected chi connectivity index (χ2v) is 14.8. The molecule has 4 saturated carbocycles. The van der Waals surface area contributed by atoms with Crippen LogP contribution in [0.5, 0.6) is 0 Å². The summed E-state index contributed by atoms with van der Waals surface area (Å²) in [5.74, 6) is 0.740. The van der Waals surface area contributed by atoms with Crippen molar-refractivity contribution in [2.45, 2.75) is 112 Å². The van der Waals surface area contributed by atoms with E-state index in [1.54, 1.807) is 0 Å². The lowest BCUT2D eigenvalue weighted by molar-refractivity contribution is -0.193. The van der Waals surface area contributed by atoms with Gasteiger partial charge < -0.3 is 10.2 Å². The molecule has 5 aliphatic rings. The van der Waals surface area contributed by atoms with Gasteiger partial charge in [-0.05, 0) is 92.3 Å². The standard InChI is InChI=1S/C30H46O4/c1-25(2)20-10-13-30(7)21(28(20,5)12-11-22(25)31)9-8-18-19-16-26(3,24(33)34)17-23(32)27(19,4)14-15-29(18,30)6/h8,19-21,23,32H,9-17H2,1-7H3,(H,33,34)/t19-,20-,21-,23+,26+,27-,28+,29-,30-/m1/s1. The summed E-state index contributed by atoms with van der Waals surface area (Å²) >= 11 is 0. The number of ketones is 1. The molecule has 0 aromatic carbocycles. The summed E-state index contributed by atoms with van der Waals surface area (Å²) in [4.78, 5) is 25.2. The summed E-state index contributed by atoms with van der Waals surface area (Å²) < 4.78 is 0. The molecule has 0 saturated heterocycles. The van der Waals surface area contributed by atoms with Gasteiger partial charge in [-0.3, -0.25) is 9.59 Å². The summed E-state index contributed by atoms with van der Waals surface area (Å²) in [5, 5.41) is 21.3. The maximum atomic E-state index is 12.9.